The summed E-state index contributed by atoms with van der Waals surface area (Å²) < 4.78 is 0. The highest BCUT2D eigenvalue weighted by Gasteiger charge is 2.27. The summed E-state index contributed by atoms with van der Waals surface area (Å²) in [5.41, 5.74) is 1.38. The van der Waals surface area contributed by atoms with Crippen molar-refractivity contribution in [3.63, 3.8) is 0 Å². The average Bonchev–Trinajstić information content (AvgIpc) is 2.68. The molecule has 2 atom stereocenters. The molecule has 0 radical (unpaired) electrons. The molecule has 2 nitrogen and oxygen atoms in total. The van der Waals surface area contributed by atoms with Crippen molar-refractivity contribution in [1.82, 2.24) is 4.90 Å². The molecule has 90 valence electrons. The minimum absolute atomic E-state index is 0.107. The molecule has 0 spiro atoms. The summed E-state index contributed by atoms with van der Waals surface area (Å²) in [7, 11) is 0. The zero-order valence-electron chi connectivity index (χ0n) is 10.1. The van der Waals surface area contributed by atoms with Crippen LogP contribution in [0.3, 0.4) is 0 Å². The normalized spacial score (nSPS) is 27.2. The van der Waals surface area contributed by atoms with Gasteiger partial charge in [0.1, 0.15) is 0 Å². The summed E-state index contributed by atoms with van der Waals surface area (Å²) >= 11 is 1.82. The van der Waals surface area contributed by atoms with E-state index in [1.165, 1.54) is 10.4 Å². The first-order valence-corrected chi connectivity index (χ1v) is 7.02. The van der Waals surface area contributed by atoms with Crippen molar-refractivity contribution in [1.29, 1.82) is 0 Å². The Morgan fingerprint density at radius 1 is 1.56 bits per heavy atom. The van der Waals surface area contributed by atoms with Gasteiger partial charge in [-0.2, -0.15) is 0 Å². The zero-order chi connectivity index (χ0) is 11.5. The van der Waals surface area contributed by atoms with E-state index in [1.807, 2.05) is 11.3 Å². The topological polar surface area (TPSA) is 23.5 Å². The summed E-state index contributed by atoms with van der Waals surface area (Å²) in [6, 6.07) is 2.17. The van der Waals surface area contributed by atoms with Crippen molar-refractivity contribution in [2.45, 2.75) is 32.8 Å². The Kier molecular flexibility index (Phi) is 4.00. The van der Waals surface area contributed by atoms with Crippen LogP contribution < -0.4 is 0 Å². The number of thiophene rings is 1. The number of aliphatic hydroxyl groups excluding tert-OH is 1. The van der Waals surface area contributed by atoms with Gasteiger partial charge in [0.25, 0.3) is 0 Å². The molecule has 1 aromatic heterocycles. The van der Waals surface area contributed by atoms with Crippen molar-refractivity contribution in [2.75, 3.05) is 19.6 Å². The minimum Gasteiger partial charge on any atom is -0.393 e. The number of aryl methyl sites for hydroxylation is 1. The third kappa shape index (κ3) is 2.65. The molecule has 0 aromatic carbocycles. The second kappa shape index (κ2) is 5.30. The van der Waals surface area contributed by atoms with Gasteiger partial charge in [0.05, 0.1) is 6.10 Å². The van der Waals surface area contributed by atoms with E-state index in [0.29, 0.717) is 5.92 Å². The van der Waals surface area contributed by atoms with E-state index in [1.54, 1.807) is 0 Å². The lowest BCUT2D eigenvalue weighted by Crippen LogP contribution is -2.43. The predicted molar refractivity (Wildman–Crippen MR) is 69.0 cm³/mol. The molecule has 1 aliphatic rings. The second-order valence-electron chi connectivity index (χ2n) is 4.74. The SMILES string of the molecule is CCN1CCC(O)C(Cc2sccc2C)C1. The molecule has 3 heteroatoms. The van der Waals surface area contributed by atoms with Gasteiger partial charge < -0.3 is 10.0 Å². The van der Waals surface area contributed by atoms with Gasteiger partial charge in [0.2, 0.25) is 0 Å². The van der Waals surface area contributed by atoms with Gasteiger partial charge in [0.15, 0.2) is 0 Å². The van der Waals surface area contributed by atoms with Crippen LogP contribution in [0.1, 0.15) is 23.8 Å². The Labute approximate surface area is 102 Å². The number of hydrogen-bond donors (Lipinski definition) is 1. The van der Waals surface area contributed by atoms with Gasteiger partial charge in [-0.15, -0.1) is 11.3 Å². The van der Waals surface area contributed by atoms with E-state index in [0.717, 1.165) is 32.5 Å². The Morgan fingerprint density at radius 2 is 2.38 bits per heavy atom. The zero-order valence-corrected chi connectivity index (χ0v) is 11.0. The standard InChI is InChI=1S/C13H21NOS/c1-3-14-6-4-12(15)11(9-14)8-13-10(2)5-7-16-13/h5,7,11-12,15H,3-4,6,8-9H2,1-2H3. The van der Waals surface area contributed by atoms with Crippen LogP contribution in [-0.4, -0.2) is 35.7 Å². The molecule has 2 rings (SSSR count). The molecule has 1 aromatic rings. The maximum atomic E-state index is 10.0. The Balaban J connectivity index is 1.99. The number of aliphatic hydroxyl groups is 1. The summed E-state index contributed by atoms with van der Waals surface area (Å²) in [4.78, 5) is 3.89. The molecule has 0 aliphatic carbocycles. The van der Waals surface area contributed by atoms with Crippen LogP contribution in [-0.2, 0) is 6.42 Å². The molecule has 2 unspecified atom stereocenters. The summed E-state index contributed by atoms with van der Waals surface area (Å²) in [6.07, 6.45) is 1.87. The van der Waals surface area contributed by atoms with E-state index in [9.17, 15) is 5.11 Å². The second-order valence-corrected chi connectivity index (χ2v) is 5.74. The number of piperidine rings is 1. The number of rotatable bonds is 3. The number of likely N-dealkylation sites (tertiary alicyclic amines) is 1. The molecule has 16 heavy (non-hydrogen) atoms. The maximum absolute atomic E-state index is 10.0. The van der Waals surface area contributed by atoms with Crippen LogP contribution in [0.5, 0.6) is 0 Å². The molecule has 0 saturated carbocycles. The van der Waals surface area contributed by atoms with E-state index < -0.39 is 0 Å². The average molecular weight is 239 g/mol. The van der Waals surface area contributed by atoms with Crippen molar-refractivity contribution >= 4 is 11.3 Å². The molecular formula is C13H21NOS. The first-order chi connectivity index (χ1) is 7.70. The van der Waals surface area contributed by atoms with E-state index in [4.69, 9.17) is 0 Å². The van der Waals surface area contributed by atoms with E-state index in [-0.39, 0.29) is 6.10 Å². The van der Waals surface area contributed by atoms with E-state index >= 15 is 0 Å². The van der Waals surface area contributed by atoms with Crippen molar-refractivity contribution < 1.29 is 5.11 Å². The summed E-state index contributed by atoms with van der Waals surface area (Å²) in [6.45, 7) is 7.57. The van der Waals surface area contributed by atoms with Gasteiger partial charge in [-0.25, -0.2) is 0 Å². The lowest BCUT2D eigenvalue weighted by Gasteiger charge is -2.35. The van der Waals surface area contributed by atoms with Crippen molar-refractivity contribution in [3.05, 3.63) is 21.9 Å². The number of nitrogens with zero attached hydrogens (tertiary/aromatic N) is 1. The van der Waals surface area contributed by atoms with Crippen LogP contribution >= 0.6 is 11.3 Å². The molecule has 1 aliphatic heterocycles. The van der Waals surface area contributed by atoms with Crippen LogP contribution in [0.25, 0.3) is 0 Å². The predicted octanol–water partition coefficient (Wildman–Crippen LogP) is 2.30. The van der Waals surface area contributed by atoms with Crippen LogP contribution in [0.2, 0.25) is 0 Å². The largest absolute Gasteiger partial charge is 0.393 e. The van der Waals surface area contributed by atoms with Gasteiger partial charge >= 0.3 is 0 Å². The van der Waals surface area contributed by atoms with Gasteiger partial charge in [-0.05, 0) is 43.3 Å². The first kappa shape index (κ1) is 12.1. The third-order valence-corrected chi connectivity index (χ3v) is 4.69. The van der Waals surface area contributed by atoms with Gasteiger partial charge in [-0.1, -0.05) is 6.92 Å². The highest BCUT2D eigenvalue weighted by Crippen LogP contribution is 2.25. The van der Waals surface area contributed by atoms with Gasteiger partial charge in [0, 0.05) is 23.9 Å². The van der Waals surface area contributed by atoms with Crippen molar-refractivity contribution in [3.8, 4) is 0 Å². The Bertz CT molecular complexity index is 336. The first-order valence-electron chi connectivity index (χ1n) is 6.14. The molecule has 0 amide bonds. The lowest BCUT2D eigenvalue weighted by atomic mass is 9.90. The van der Waals surface area contributed by atoms with Crippen LogP contribution in [0.4, 0.5) is 0 Å². The van der Waals surface area contributed by atoms with Crippen LogP contribution in [0.15, 0.2) is 11.4 Å². The molecule has 0 bridgehead atoms. The highest BCUT2D eigenvalue weighted by atomic mass is 32.1. The Hall–Kier alpha value is -0.380. The minimum atomic E-state index is -0.107. The quantitative estimate of drug-likeness (QED) is 0.875. The maximum Gasteiger partial charge on any atom is 0.0596 e. The molecule has 1 fully saturated rings. The molecule has 1 saturated heterocycles. The Morgan fingerprint density at radius 3 is 3.00 bits per heavy atom. The third-order valence-electron chi connectivity index (χ3n) is 3.64. The van der Waals surface area contributed by atoms with E-state index in [2.05, 4.69) is 30.2 Å². The fourth-order valence-corrected chi connectivity index (χ4v) is 3.43. The fourth-order valence-electron chi connectivity index (χ4n) is 2.43. The summed E-state index contributed by atoms with van der Waals surface area (Å²) in [5, 5.41) is 12.2. The van der Waals surface area contributed by atoms with Crippen molar-refractivity contribution in [2.24, 2.45) is 5.92 Å². The molecule has 2 heterocycles. The lowest BCUT2D eigenvalue weighted by molar-refractivity contribution is 0.0293. The highest BCUT2D eigenvalue weighted by molar-refractivity contribution is 7.10. The molecule has 1 N–H and O–H groups in total. The fraction of sp³-hybridized carbons (Fsp3) is 0.692. The van der Waals surface area contributed by atoms with Crippen LogP contribution in [0, 0.1) is 12.8 Å². The summed E-state index contributed by atoms with van der Waals surface area (Å²) in [5.74, 6) is 0.422. The smallest absolute Gasteiger partial charge is 0.0596 e. The molecular weight excluding hydrogens is 218 g/mol. The number of hydrogen-bond acceptors (Lipinski definition) is 3. The monoisotopic (exact) mass is 239 g/mol. The van der Waals surface area contributed by atoms with Gasteiger partial charge in [-0.3, -0.25) is 0 Å².